The molecule has 0 aliphatic heterocycles. The Labute approximate surface area is 125 Å². The molecule has 0 radical (unpaired) electrons. The first-order valence-electron chi connectivity index (χ1n) is 7.78. The number of carboxylic acids is 1. The van der Waals surface area contributed by atoms with E-state index in [0.29, 0.717) is 18.8 Å². The van der Waals surface area contributed by atoms with Crippen molar-refractivity contribution in [3.05, 3.63) is 12.2 Å². The van der Waals surface area contributed by atoms with E-state index in [1.54, 1.807) is 0 Å². The summed E-state index contributed by atoms with van der Waals surface area (Å²) in [4.78, 5) is 23.8. The van der Waals surface area contributed by atoms with Crippen LogP contribution in [0.15, 0.2) is 12.2 Å². The average molecular weight is 295 g/mol. The summed E-state index contributed by atoms with van der Waals surface area (Å²) in [7, 11) is 0. The molecule has 0 heterocycles. The third kappa shape index (κ3) is 3.64. The van der Waals surface area contributed by atoms with Crippen LogP contribution in [0, 0.1) is 17.8 Å². The number of carbonyl (C=O) groups excluding carboxylic acids is 1. The molecule has 0 aromatic carbocycles. The van der Waals surface area contributed by atoms with Gasteiger partial charge < -0.3 is 15.5 Å². The fourth-order valence-corrected chi connectivity index (χ4v) is 3.37. The van der Waals surface area contributed by atoms with Crippen LogP contribution in [0.1, 0.15) is 45.4 Å². The van der Waals surface area contributed by atoms with E-state index in [4.69, 9.17) is 0 Å². The van der Waals surface area contributed by atoms with Crippen LogP contribution in [0.4, 0.5) is 0 Å². The van der Waals surface area contributed by atoms with E-state index >= 15 is 0 Å². The highest BCUT2D eigenvalue weighted by atomic mass is 16.4. The minimum Gasteiger partial charge on any atom is -0.481 e. The Bertz CT molecular complexity index is 424. The van der Waals surface area contributed by atoms with Crippen LogP contribution in [0.25, 0.3) is 0 Å². The molecule has 118 valence electrons. The smallest absolute Gasteiger partial charge is 0.307 e. The number of aliphatic hydroxyl groups is 1. The van der Waals surface area contributed by atoms with Crippen molar-refractivity contribution in [1.29, 1.82) is 0 Å². The van der Waals surface area contributed by atoms with Crippen molar-refractivity contribution in [3.63, 3.8) is 0 Å². The fourth-order valence-electron chi connectivity index (χ4n) is 3.37. The molecule has 21 heavy (non-hydrogen) atoms. The molecule has 5 heteroatoms. The molecule has 1 amide bonds. The quantitative estimate of drug-likeness (QED) is 0.689. The molecule has 1 saturated carbocycles. The van der Waals surface area contributed by atoms with Gasteiger partial charge in [-0.2, -0.15) is 0 Å². The van der Waals surface area contributed by atoms with Crippen LogP contribution in [-0.4, -0.2) is 34.2 Å². The van der Waals surface area contributed by atoms with E-state index in [9.17, 15) is 19.8 Å². The van der Waals surface area contributed by atoms with Gasteiger partial charge in [-0.1, -0.05) is 19.1 Å². The molecule has 2 unspecified atom stereocenters. The van der Waals surface area contributed by atoms with Crippen LogP contribution >= 0.6 is 0 Å². The van der Waals surface area contributed by atoms with Gasteiger partial charge in [-0.15, -0.1) is 0 Å². The van der Waals surface area contributed by atoms with Crippen LogP contribution < -0.4 is 5.32 Å². The first-order valence-corrected chi connectivity index (χ1v) is 7.78. The number of hydrogen-bond donors (Lipinski definition) is 3. The maximum Gasteiger partial charge on any atom is 0.307 e. The first-order chi connectivity index (χ1) is 9.97. The van der Waals surface area contributed by atoms with E-state index < -0.39 is 23.3 Å². The van der Waals surface area contributed by atoms with Gasteiger partial charge in [0.15, 0.2) is 0 Å². The second-order valence-corrected chi connectivity index (χ2v) is 6.60. The Hall–Kier alpha value is -1.36. The van der Waals surface area contributed by atoms with Crippen molar-refractivity contribution < 1.29 is 19.8 Å². The predicted octanol–water partition coefficient (Wildman–Crippen LogP) is 1.71. The largest absolute Gasteiger partial charge is 0.481 e. The molecule has 0 bridgehead atoms. The van der Waals surface area contributed by atoms with Gasteiger partial charge in [-0.05, 0) is 44.4 Å². The zero-order chi connectivity index (χ0) is 15.5. The number of allylic oxidation sites excluding steroid dienone is 2. The number of hydrogen-bond acceptors (Lipinski definition) is 3. The summed E-state index contributed by atoms with van der Waals surface area (Å²) in [6.07, 6.45) is 8.04. The summed E-state index contributed by atoms with van der Waals surface area (Å²) in [5.41, 5.74) is -0.562. The highest BCUT2D eigenvalue weighted by Gasteiger charge is 2.40. The summed E-state index contributed by atoms with van der Waals surface area (Å²) >= 11 is 0. The topological polar surface area (TPSA) is 86.6 Å². The summed E-state index contributed by atoms with van der Waals surface area (Å²) in [5, 5.41) is 21.9. The lowest BCUT2D eigenvalue weighted by molar-refractivity contribution is -0.148. The summed E-state index contributed by atoms with van der Waals surface area (Å²) in [5.74, 6) is -1.72. The van der Waals surface area contributed by atoms with Gasteiger partial charge in [-0.25, -0.2) is 0 Å². The van der Waals surface area contributed by atoms with Gasteiger partial charge in [0.2, 0.25) is 5.91 Å². The van der Waals surface area contributed by atoms with Gasteiger partial charge in [0.25, 0.3) is 0 Å². The molecule has 1 fully saturated rings. The van der Waals surface area contributed by atoms with E-state index in [-0.39, 0.29) is 12.5 Å². The number of carbonyl (C=O) groups is 2. The van der Waals surface area contributed by atoms with E-state index in [1.165, 1.54) is 0 Å². The molecule has 2 aliphatic rings. The van der Waals surface area contributed by atoms with Crippen molar-refractivity contribution in [1.82, 2.24) is 5.32 Å². The number of carboxylic acid groups (broad SMARTS) is 1. The third-order valence-electron chi connectivity index (χ3n) is 5.01. The lowest BCUT2D eigenvalue weighted by Gasteiger charge is -2.40. The molecule has 2 aliphatic carbocycles. The highest BCUT2D eigenvalue weighted by Crippen LogP contribution is 2.33. The van der Waals surface area contributed by atoms with E-state index in [1.807, 2.05) is 12.2 Å². The number of aliphatic hydroxyl groups excluding tert-OH is 1. The van der Waals surface area contributed by atoms with E-state index in [2.05, 4.69) is 12.2 Å². The van der Waals surface area contributed by atoms with Crippen LogP contribution in [0.2, 0.25) is 0 Å². The Morgan fingerprint density at radius 3 is 2.29 bits per heavy atom. The maximum absolute atomic E-state index is 12.5. The number of aliphatic carboxylic acids is 1. The summed E-state index contributed by atoms with van der Waals surface area (Å²) < 4.78 is 0. The molecule has 0 spiro atoms. The van der Waals surface area contributed by atoms with Crippen LogP contribution in [-0.2, 0) is 9.59 Å². The third-order valence-corrected chi connectivity index (χ3v) is 5.01. The normalized spacial score (nSPS) is 36.2. The maximum atomic E-state index is 12.5. The van der Waals surface area contributed by atoms with Crippen LogP contribution in [0.3, 0.4) is 0 Å². The Balaban J connectivity index is 2.05. The zero-order valence-electron chi connectivity index (χ0n) is 12.5. The lowest BCUT2D eigenvalue weighted by atomic mass is 9.76. The second-order valence-electron chi connectivity index (χ2n) is 6.60. The minimum absolute atomic E-state index is 0.0776. The molecule has 0 aromatic rings. The number of amides is 1. The molecule has 0 saturated heterocycles. The molecule has 2 rings (SSSR count). The van der Waals surface area contributed by atoms with Gasteiger partial charge in [0.1, 0.15) is 0 Å². The minimum atomic E-state index is -0.921. The Kier molecular flexibility index (Phi) is 5.04. The summed E-state index contributed by atoms with van der Waals surface area (Å²) in [6, 6.07) is 0. The number of nitrogens with one attached hydrogen (secondary N) is 1. The first kappa shape index (κ1) is 16.0. The van der Waals surface area contributed by atoms with Gasteiger partial charge >= 0.3 is 5.97 Å². The highest BCUT2D eigenvalue weighted by molar-refractivity contribution is 5.85. The van der Waals surface area contributed by atoms with Crippen molar-refractivity contribution in [2.75, 3.05) is 6.61 Å². The summed E-state index contributed by atoms with van der Waals surface area (Å²) in [6.45, 7) is 2.10. The molecular weight excluding hydrogens is 270 g/mol. The van der Waals surface area contributed by atoms with Gasteiger partial charge in [0.05, 0.1) is 24.0 Å². The van der Waals surface area contributed by atoms with Crippen molar-refractivity contribution >= 4 is 11.9 Å². The Morgan fingerprint density at radius 1 is 1.19 bits per heavy atom. The monoisotopic (exact) mass is 295 g/mol. The Morgan fingerprint density at radius 2 is 1.76 bits per heavy atom. The fraction of sp³-hybridized carbons (Fsp3) is 0.750. The second kappa shape index (κ2) is 6.60. The zero-order valence-corrected chi connectivity index (χ0v) is 12.5. The predicted molar refractivity (Wildman–Crippen MR) is 78.6 cm³/mol. The van der Waals surface area contributed by atoms with E-state index in [0.717, 1.165) is 25.7 Å². The van der Waals surface area contributed by atoms with Crippen LogP contribution in [0.5, 0.6) is 0 Å². The number of rotatable bonds is 4. The van der Waals surface area contributed by atoms with Crippen molar-refractivity contribution in [2.45, 2.75) is 51.0 Å². The van der Waals surface area contributed by atoms with Gasteiger partial charge in [0, 0.05) is 0 Å². The van der Waals surface area contributed by atoms with Crippen molar-refractivity contribution in [2.24, 2.45) is 17.8 Å². The molecule has 3 N–H and O–H groups in total. The molecule has 0 aromatic heterocycles. The van der Waals surface area contributed by atoms with Crippen molar-refractivity contribution in [3.8, 4) is 0 Å². The lowest BCUT2D eigenvalue weighted by Crippen LogP contribution is -2.56. The standard InChI is InChI=1S/C16H25NO4/c1-11-6-8-16(10-18,9-7-11)17-14(19)12-4-2-3-5-13(12)15(20)21/h2-3,11-13,18H,4-10H2,1H3,(H,17,19)(H,20,21). The molecule has 5 nitrogen and oxygen atoms in total. The molecule has 2 atom stereocenters. The average Bonchev–Trinajstić information content (AvgIpc) is 2.49. The SMILES string of the molecule is CC1CCC(CO)(NC(=O)C2CC=CCC2C(=O)O)CC1. The molecular formula is C16H25NO4. The van der Waals surface area contributed by atoms with Gasteiger partial charge in [-0.3, -0.25) is 9.59 Å².